The number of imidazole rings is 1. The molecule has 4 aromatic rings. The van der Waals surface area contributed by atoms with Gasteiger partial charge in [0.05, 0.1) is 13.5 Å². The van der Waals surface area contributed by atoms with Crippen molar-refractivity contribution in [1.29, 1.82) is 0 Å². The first kappa shape index (κ1) is 20.2. The summed E-state index contributed by atoms with van der Waals surface area (Å²) in [6, 6.07) is 8.75. The molecule has 0 spiro atoms. The summed E-state index contributed by atoms with van der Waals surface area (Å²) in [4.78, 5) is 51.8. The smallest absolute Gasteiger partial charge is 0.254 e. The van der Waals surface area contributed by atoms with Crippen molar-refractivity contribution in [3.63, 3.8) is 0 Å². The molecule has 3 amide bonds. The van der Waals surface area contributed by atoms with E-state index in [0.29, 0.717) is 34.8 Å². The highest BCUT2D eigenvalue weighted by molar-refractivity contribution is 6.10. The van der Waals surface area contributed by atoms with Crippen molar-refractivity contribution in [2.45, 2.75) is 18.4 Å². The molecule has 0 saturated carbocycles. The second-order valence-corrected chi connectivity index (χ2v) is 8.48. The predicted octanol–water partition coefficient (Wildman–Crippen LogP) is 2.17. The summed E-state index contributed by atoms with van der Waals surface area (Å²) in [7, 11) is 1.54. The SMILES string of the molecule is COc1ccc2c(c1)C(=O)N(C[C@@]1(c3cc4ncc(-c5ncc[nH]5)cc4o3)CC(=O)NC1=O)C2. The first-order chi connectivity index (χ1) is 16.5. The Morgan fingerprint density at radius 3 is 2.79 bits per heavy atom. The largest absolute Gasteiger partial charge is 0.497 e. The molecule has 10 nitrogen and oxygen atoms in total. The Balaban J connectivity index is 1.39. The number of pyridine rings is 1. The molecule has 1 saturated heterocycles. The molecule has 0 aliphatic carbocycles. The molecular formula is C24H19N5O5. The lowest BCUT2D eigenvalue weighted by Crippen LogP contribution is -2.46. The number of aromatic nitrogens is 3. The first-order valence-electron chi connectivity index (χ1n) is 10.7. The van der Waals surface area contributed by atoms with Crippen LogP contribution in [0, 0.1) is 0 Å². The number of ether oxygens (including phenoxy) is 1. The van der Waals surface area contributed by atoms with E-state index >= 15 is 0 Å². The molecule has 6 rings (SSSR count). The van der Waals surface area contributed by atoms with Crippen LogP contribution in [0.3, 0.4) is 0 Å². The molecule has 5 heterocycles. The standard InChI is InChI=1S/C24H19N5O5/c1-33-15-3-2-13-11-29(22(31)16(13)7-15)12-24(9-20(30)28-23(24)32)19-8-17-18(34-19)6-14(10-27-17)21-25-4-5-26-21/h2-8,10H,9,11-12H2,1H3,(H,25,26)(H,28,30,32)/t24-/m1/s1. The van der Waals surface area contributed by atoms with Gasteiger partial charge >= 0.3 is 0 Å². The lowest BCUT2D eigenvalue weighted by atomic mass is 9.82. The van der Waals surface area contributed by atoms with Gasteiger partial charge in [-0.2, -0.15) is 0 Å². The van der Waals surface area contributed by atoms with E-state index in [2.05, 4.69) is 20.3 Å². The number of methoxy groups -OCH3 is 1. The number of hydrogen-bond acceptors (Lipinski definition) is 7. The van der Waals surface area contributed by atoms with E-state index in [1.165, 1.54) is 7.11 Å². The molecule has 2 N–H and O–H groups in total. The van der Waals surface area contributed by atoms with E-state index in [1.54, 1.807) is 47.8 Å². The van der Waals surface area contributed by atoms with Gasteiger partial charge in [-0.05, 0) is 23.8 Å². The lowest BCUT2D eigenvalue weighted by Gasteiger charge is -2.28. The molecule has 10 heteroatoms. The number of nitrogens with zero attached hydrogens (tertiary/aromatic N) is 3. The Labute approximate surface area is 192 Å². The summed E-state index contributed by atoms with van der Waals surface area (Å²) >= 11 is 0. The van der Waals surface area contributed by atoms with Crippen molar-refractivity contribution < 1.29 is 23.5 Å². The van der Waals surface area contributed by atoms with Gasteiger partial charge in [0.25, 0.3) is 5.91 Å². The Morgan fingerprint density at radius 1 is 1.18 bits per heavy atom. The van der Waals surface area contributed by atoms with Crippen molar-refractivity contribution >= 4 is 28.8 Å². The van der Waals surface area contributed by atoms with Gasteiger partial charge in [0, 0.05) is 48.9 Å². The molecule has 0 radical (unpaired) electrons. The fraction of sp³-hybridized carbons (Fsp3) is 0.208. The van der Waals surface area contributed by atoms with Crippen molar-refractivity contribution in [2.24, 2.45) is 0 Å². The van der Waals surface area contributed by atoms with Crippen LogP contribution < -0.4 is 10.1 Å². The minimum Gasteiger partial charge on any atom is -0.497 e. The fourth-order valence-corrected chi connectivity index (χ4v) is 4.68. The van der Waals surface area contributed by atoms with Crippen LogP contribution in [-0.4, -0.2) is 51.2 Å². The number of fused-ring (bicyclic) bond motifs is 2. The first-order valence-corrected chi connectivity index (χ1v) is 10.7. The average Bonchev–Trinajstić information content (AvgIpc) is 3.61. The molecule has 34 heavy (non-hydrogen) atoms. The summed E-state index contributed by atoms with van der Waals surface area (Å²) in [6.45, 7) is 0.313. The number of carbonyl (C=O) groups is 3. The number of furan rings is 1. The van der Waals surface area contributed by atoms with Crippen LogP contribution in [0.25, 0.3) is 22.5 Å². The number of hydrogen-bond donors (Lipinski definition) is 2. The quantitative estimate of drug-likeness (QED) is 0.439. The molecule has 1 fully saturated rings. The maximum atomic E-state index is 13.2. The summed E-state index contributed by atoms with van der Waals surface area (Å²) in [5, 5.41) is 2.38. The summed E-state index contributed by atoms with van der Waals surface area (Å²) in [5.41, 5.74) is 1.71. The lowest BCUT2D eigenvalue weighted by molar-refractivity contribution is -0.126. The number of carbonyl (C=O) groups excluding carboxylic acids is 3. The zero-order valence-electron chi connectivity index (χ0n) is 18.1. The van der Waals surface area contributed by atoms with Crippen LogP contribution in [0.2, 0.25) is 0 Å². The molecule has 2 aliphatic heterocycles. The third-order valence-electron chi connectivity index (χ3n) is 6.42. The highest BCUT2D eigenvalue weighted by Gasteiger charge is 2.53. The molecule has 0 bridgehead atoms. The third kappa shape index (κ3) is 2.99. The molecule has 170 valence electrons. The van der Waals surface area contributed by atoms with Crippen LogP contribution in [0.4, 0.5) is 0 Å². The number of nitrogens with one attached hydrogen (secondary N) is 2. The maximum absolute atomic E-state index is 13.2. The molecule has 1 aromatic carbocycles. The van der Waals surface area contributed by atoms with E-state index < -0.39 is 17.2 Å². The van der Waals surface area contributed by atoms with Crippen molar-refractivity contribution in [3.8, 4) is 17.1 Å². The van der Waals surface area contributed by atoms with E-state index in [-0.39, 0.29) is 24.6 Å². The fourth-order valence-electron chi connectivity index (χ4n) is 4.68. The van der Waals surface area contributed by atoms with Gasteiger partial charge in [-0.25, -0.2) is 4.98 Å². The Kier molecular flexibility index (Phi) is 4.31. The van der Waals surface area contributed by atoms with Crippen LogP contribution >= 0.6 is 0 Å². The normalized spacial score (nSPS) is 19.7. The van der Waals surface area contributed by atoms with Gasteiger partial charge < -0.3 is 19.0 Å². The highest BCUT2D eigenvalue weighted by Crippen LogP contribution is 2.39. The van der Waals surface area contributed by atoms with Crippen LogP contribution in [0.5, 0.6) is 5.75 Å². The maximum Gasteiger partial charge on any atom is 0.254 e. The van der Waals surface area contributed by atoms with E-state index in [4.69, 9.17) is 9.15 Å². The van der Waals surface area contributed by atoms with Crippen molar-refractivity contribution in [2.75, 3.05) is 13.7 Å². The van der Waals surface area contributed by atoms with E-state index in [0.717, 1.165) is 11.1 Å². The summed E-state index contributed by atoms with van der Waals surface area (Å²) in [5.74, 6) is 0.357. The van der Waals surface area contributed by atoms with Gasteiger partial charge in [-0.1, -0.05) is 6.07 Å². The van der Waals surface area contributed by atoms with Gasteiger partial charge in [0.1, 0.15) is 28.3 Å². The molecule has 3 aromatic heterocycles. The predicted molar refractivity (Wildman–Crippen MR) is 119 cm³/mol. The van der Waals surface area contributed by atoms with Gasteiger partial charge in [-0.15, -0.1) is 0 Å². The van der Waals surface area contributed by atoms with Gasteiger partial charge in [0.2, 0.25) is 11.8 Å². The zero-order valence-corrected chi connectivity index (χ0v) is 18.1. The monoisotopic (exact) mass is 457 g/mol. The number of imide groups is 1. The number of benzene rings is 1. The van der Waals surface area contributed by atoms with Gasteiger partial charge in [0.15, 0.2) is 5.58 Å². The van der Waals surface area contributed by atoms with Crippen molar-refractivity contribution in [3.05, 3.63) is 65.8 Å². The van der Waals surface area contributed by atoms with Crippen molar-refractivity contribution in [1.82, 2.24) is 25.2 Å². The minimum absolute atomic E-state index is 0.00867. The summed E-state index contributed by atoms with van der Waals surface area (Å²) in [6.07, 6.45) is 4.87. The Morgan fingerprint density at radius 2 is 2.06 bits per heavy atom. The molecule has 0 unspecified atom stereocenters. The van der Waals surface area contributed by atoms with E-state index in [9.17, 15) is 14.4 Å². The van der Waals surface area contributed by atoms with Crippen LogP contribution in [-0.2, 0) is 21.5 Å². The highest BCUT2D eigenvalue weighted by atomic mass is 16.5. The number of aromatic amines is 1. The minimum atomic E-state index is -1.36. The summed E-state index contributed by atoms with van der Waals surface area (Å²) < 4.78 is 11.3. The van der Waals surface area contributed by atoms with Gasteiger partial charge in [-0.3, -0.25) is 24.7 Å². The van der Waals surface area contributed by atoms with E-state index in [1.807, 2.05) is 6.07 Å². The zero-order chi connectivity index (χ0) is 23.4. The number of rotatable bonds is 5. The molecule has 2 aliphatic rings. The van der Waals surface area contributed by atoms with Crippen LogP contribution in [0.1, 0.15) is 28.1 Å². The molecular weight excluding hydrogens is 438 g/mol. The second-order valence-electron chi connectivity index (χ2n) is 8.48. The Bertz CT molecular complexity index is 1470. The molecule has 1 atom stereocenters. The Hall–Kier alpha value is -4.47. The third-order valence-corrected chi connectivity index (χ3v) is 6.42. The average molecular weight is 457 g/mol. The van der Waals surface area contributed by atoms with Crippen LogP contribution in [0.15, 0.2) is 53.3 Å². The second kappa shape index (κ2) is 7.27. The topological polar surface area (TPSA) is 130 Å². The number of amides is 3. The number of H-pyrrole nitrogens is 1.